The first-order chi connectivity index (χ1) is 9.68. The van der Waals surface area contributed by atoms with Crippen molar-refractivity contribution in [2.24, 2.45) is 0 Å². The van der Waals surface area contributed by atoms with Gasteiger partial charge in [-0.2, -0.15) is 0 Å². The minimum absolute atomic E-state index is 0.266. The molecule has 0 aliphatic carbocycles. The van der Waals surface area contributed by atoms with Crippen LogP contribution >= 0.6 is 0 Å². The first-order valence-electron chi connectivity index (χ1n) is 6.91. The lowest BCUT2D eigenvalue weighted by atomic mass is 10.2. The fraction of sp³-hybridized carbons (Fsp3) is 0.615. The summed E-state index contributed by atoms with van der Waals surface area (Å²) in [5, 5.41) is 11.8. The molecule has 7 nitrogen and oxygen atoms in total. The number of aromatic nitrogens is 2. The van der Waals surface area contributed by atoms with E-state index in [1.165, 1.54) is 4.90 Å². The lowest BCUT2D eigenvalue weighted by molar-refractivity contribution is -0.141. The Morgan fingerprint density at radius 1 is 1.40 bits per heavy atom. The van der Waals surface area contributed by atoms with Crippen LogP contribution in [0, 0.1) is 0 Å². The number of nitrogens with one attached hydrogen (secondary N) is 1. The minimum atomic E-state index is -0.919. The molecule has 2 N–H and O–H groups in total. The molecule has 1 aliphatic heterocycles. The molecule has 0 unspecified atom stereocenters. The Kier molecular flexibility index (Phi) is 4.97. The number of carboxylic acid groups (broad SMARTS) is 1. The number of carboxylic acids is 1. The third kappa shape index (κ3) is 3.72. The molecule has 0 aromatic carbocycles. The van der Waals surface area contributed by atoms with Crippen LogP contribution in [-0.2, 0) is 11.3 Å². The van der Waals surface area contributed by atoms with Crippen molar-refractivity contribution in [3.63, 3.8) is 0 Å². The van der Waals surface area contributed by atoms with Crippen molar-refractivity contribution in [1.82, 2.24) is 19.8 Å². The van der Waals surface area contributed by atoms with Crippen LogP contribution in [0.25, 0.3) is 0 Å². The summed E-state index contributed by atoms with van der Waals surface area (Å²) < 4.78 is 1.99. The van der Waals surface area contributed by atoms with Gasteiger partial charge >= 0.3 is 12.0 Å². The van der Waals surface area contributed by atoms with Gasteiger partial charge in [0.25, 0.3) is 0 Å². The van der Waals surface area contributed by atoms with Crippen LogP contribution in [0.15, 0.2) is 18.7 Å². The molecular formula is C13H20N4O3. The number of carbonyl (C=O) groups is 2. The molecule has 2 heterocycles. The fourth-order valence-electron chi connectivity index (χ4n) is 2.40. The molecule has 20 heavy (non-hydrogen) atoms. The molecule has 2 amide bonds. The van der Waals surface area contributed by atoms with E-state index in [0.717, 1.165) is 25.8 Å². The molecule has 0 saturated carbocycles. The molecule has 0 spiro atoms. The van der Waals surface area contributed by atoms with Gasteiger partial charge in [0.05, 0.1) is 6.33 Å². The number of rotatable bonds is 6. The molecule has 110 valence electrons. The summed E-state index contributed by atoms with van der Waals surface area (Å²) in [6.45, 7) is 1.96. The Hall–Kier alpha value is -2.05. The third-order valence-electron chi connectivity index (χ3n) is 3.48. The van der Waals surface area contributed by atoms with Crippen molar-refractivity contribution in [2.45, 2.75) is 38.3 Å². The molecular weight excluding hydrogens is 260 g/mol. The van der Waals surface area contributed by atoms with Crippen LogP contribution < -0.4 is 5.32 Å². The Balaban J connectivity index is 1.63. The van der Waals surface area contributed by atoms with Gasteiger partial charge in [-0.1, -0.05) is 0 Å². The SMILES string of the molecule is O=C(O)[C@@H]1CCCN1C(=O)NCCCCn1ccnc1. The van der Waals surface area contributed by atoms with Gasteiger partial charge in [0.15, 0.2) is 0 Å². The monoisotopic (exact) mass is 280 g/mol. The van der Waals surface area contributed by atoms with Crippen LogP contribution in [-0.4, -0.2) is 50.7 Å². The van der Waals surface area contributed by atoms with E-state index in [0.29, 0.717) is 19.5 Å². The molecule has 1 fully saturated rings. The number of hydrogen-bond acceptors (Lipinski definition) is 3. The zero-order valence-corrected chi connectivity index (χ0v) is 11.4. The normalized spacial score (nSPS) is 18.2. The van der Waals surface area contributed by atoms with E-state index in [1.54, 1.807) is 12.5 Å². The largest absolute Gasteiger partial charge is 0.480 e. The number of urea groups is 1. The molecule has 2 rings (SSSR count). The van der Waals surface area contributed by atoms with E-state index in [9.17, 15) is 9.59 Å². The van der Waals surface area contributed by atoms with Gasteiger partial charge in [0.2, 0.25) is 0 Å². The number of amides is 2. The van der Waals surface area contributed by atoms with Gasteiger partial charge in [0, 0.05) is 32.0 Å². The summed E-state index contributed by atoms with van der Waals surface area (Å²) in [5.41, 5.74) is 0. The molecule has 1 saturated heterocycles. The first kappa shape index (κ1) is 14.4. The van der Waals surface area contributed by atoms with E-state index in [2.05, 4.69) is 10.3 Å². The summed E-state index contributed by atoms with van der Waals surface area (Å²) in [7, 11) is 0. The van der Waals surface area contributed by atoms with Gasteiger partial charge in [0.1, 0.15) is 6.04 Å². The highest BCUT2D eigenvalue weighted by molar-refractivity contribution is 5.83. The zero-order valence-electron chi connectivity index (χ0n) is 11.4. The van der Waals surface area contributed by atoms with Gasteiger partial charge in [-0.05, 0) is 25.7 Å². The number of aryl methyl sites for hydroxylation is 1. The van der Waals surface area contributed by atoms with E-state index in [-0.39, 0.29) is 6.03 Å². The lowest BCUT2D eigenvalue weighted by Gasteiger charge is -2.21. The molecule has 0 radical (unpaired) electrons. The summed E-state index contributed by atoms with van der Waals surface area (Å²) in [5.74, 6) is -0.919. The number of likely N-dealkylation sites (tertiary alicyclic amines) is 1. The number of carbonyl (C=O) groups excluding carboxylic acids is 1. The second-order valence-electron chi connectivity index (χ2n) is 4.93. The Morgan fingerprint density at radius 3 is 2.95 bits per heavy atom. The standard InChI is InChI=1S/C13H20N4O3/c18-12(19)11-4-3-8-17(11)13(20)15-5-1-2-7-16-9-6-14-10-16/h6,9-11H,1-5,7-8H2,(H,15,20)(H,18,19)/t11-/m0/s1. The van der Waals surface area contributed by atoms with Gasteiger partial charge < -0.3 is 19.9 Å². The third-order valence-corrected chi connectivity index (χ3v) is 3.48. The topological polar surface area (TPSA) is 87.5 Å². The van der Waals surface area contributed by atoms with Crippen LogP contribution in [0.2, 0.25) is 0 Å². The minimum Gasteiger partial charge on any atom is -0.480 e. The van der Waals surface area contributed by atoms with Crippen molar-refractivity contribution in [3.05, 3.63) is 18.7 Å². The zero-order chi connectivity index (χ0) is 14.4. The van der Waals surface area contributed by atoms with E-state index >= 15 is 0 Å². The average Bonchev–Trinajstić information content (AvgIpc) is 3.09. The van der Waals surface area contributed by atoms with Crippen molar-refractivity contribution in [1.29, 1.82) is 0 Å². The smallest absolute Gasteiger partial charge is 0.326 e. The van der Waals surface area contributed by atoms with Crippen molar-refractivity contribution in [3.8, 4) is 0 Å². The van der Waals surface area contributed by atoms with Crippen LogP contribution in [0.1, 0.15) is 25.7 Å². The number of hydrogen-bond donors (Lipinski definition) is 2. The molecule has 1 aliphatic rings. The number of unbranched alkanes of at least 4 members (excludes halogenated alkanes) is 1. The van der Waals surface area contributed by atoms with Crippen molar-refractivity contribution in [2.75, 3.05) is 13.1 Å². The highest BCUT2D eigenvalue weighted by atomic mass is 16.4. The molecule has 1 aromatic heterocycles. The summed E-state index contributed by atoms with van der Waals surface area (Å²) in [4.78, 5) is 28.3. The van der Waals surface area contributed by atoms with E-state index in [4.69, 9.17) is 5.11 Å². The Morgan fingerprint density at radius 2 is 2.25 bits per heavy atom. The fourth-order valence-corrected chi connectivity index (χ4v) is 2.40. The summed E-state index contributed by atoms with van der Waals surface area (Å²) >= 11 is 0. The second kappa shape index (κ2) is 6.93. The molecule has 0 bridgehead atoms. The quantitative estimate of drug-likeness (QED) is 0.759. The summed E-state index contributed by atoms with van der Waals surface area (Å²) in [6.07, 6.45) is 8.50. The maximum Gasteiger partial charge on any atom is 0.326 e. The van der Waals surface area contributed by atoms with E-state index in [1.807, 2.05) is 10.8 Å². The summed E-state index contributed by atoms with van der Waals surface area (Å²) in [6, 6.07) is -0.932. The molecule has 1 atom stereocenters. The van der Waals surface area contributed by atoms with Crippen LogP contribution in [0.4, 0.5) is 4.79 Å². The highest BCUT2D eigenvalue weighted by Crippen LogP contribution is 2.17. The molecule has 1 aromatic rings. The predicted molar refractivity (Wildman–Crippen MR) is 72.2 cm³/mol. The Bertz CT molecular complexity index is 446. The first-order valence-corrected chi connectivity index (χ1v) is 6.91. The van der Waals surface area contributed by atoms with Crippen LogP contribution in [0.3, 0.4) is 0 Å². The lowest BCUT2D eigenvalue weighted by Crippen LogP contribution is -2.46. The maximum atomic E-state index is 11.9. The van der Waals surface area contributed by atoms with Crippen LogP contribution in [0.5, 0.6) is 0 Å². The molecule has 7 heteroatoms. The Labute approximate surface area is 117 Å². The predicted octanol–water partition coefficient (Wildman–Crippen LogP) is 0.922. The van der Waals surface area contributed by atoms with Crippen molar-refractivity contribution < 1.29 is 14.7 Å². The van der Waals surface area contributed by atoms with Gasteiger partial charge in [-0.25, -0.2) is 14.6 Å². The van der Waals surface area contributed by atoms with Gasteiger partial charge in [-0.3, -0.25) is 0 Å². The average molecular weight is 280 g/mol. The highest BCUT2D eigenvalue weighted by Gasteiger charge is 2.33. The van der Waals surface area contributed by atoms with Crippen molar-refractivity contribution >= 4 is 12.0 Å². The maximum absolute atomic E-state index is 11.9. The van der Waals surface area contributed by atoms with E-state index < -0.39 is 12.0 Å². The number of imidazole rings is 1. The second-order valence-corrected chi connectivity index (χ2v) is 4.93. The number of aliphatic carboxylic acids is 1. The van der Waals surface area contributed by atoms with Gasteiger partial charge in [-0.15, -0.1) is 0 Å². The number of nitrogens with zero attached hydrogens (tertiary/aromatic N) is 3.